The molecule has 0 aliphatic carbocycles. The van der Waals surface area contributed by atoms with Gasteiger partial charge in [-0.05, 0) is 43.1 Å². The molecule has 0 unspecified atom stereocenters. The van der Waals surface area contributed by atoms with E-state index in [0.29, 0.717) is 12.4 Å². The number of nitrogens with two attached hydrogens (primary N) is 2. The Morgan fingerprint density at radius 3 is 2.80 bits per heavy atom. The van der Waals surface area contributed by atoms with Gasteiger partial charge in [-0.15, -0.1) is 0 Å². The molecule has 0 aliphatic rings. The third kappa shape index (κ3) is 1.92. The predicted octanol–water partition coefficient (Wildman–Crippen LogP) is 1.63. The molecule has 0 amide bonds. The van der Waals surface area contributed by atoms with Gasteiger partial charge in [0.1, 0.15) is 5.82 Å². The van der Waals surface area contributed by atoms with Crippen LogP contribution in [0.2, 0.25) is 0 Å². The lowest BCUT2D eigenvalue weighted by Gasteiger charge is -2.05. The molecule has 3 heteroatoms. The molecule has 2 aromatic rings. The molecule has 0 saturated carbocycles. The quantitative estimate of drug-likeness (QED) is 0.776. The van der Waals surface area contributed by atoms with E-state index < -0.39 is 0 Å². The first-order valence-electron chi connectivity index (χ1n) is 5.06. The van der Waals surface area contributed by atoms with Crippen molar-refractivity contribution in [3.05, 3.63) is 35.4 Å². The first kappa shape index (κ1) is 9.93. The Bertz CT molecular complexity index is 491. The van der Waals surface area contributed by atoms with Gasteiger partial charge in [-0.1, -0.05) is 12.1 Å². The van der Waals surface area contributed by atoms with Crippen LogP contribution >= 0.6 is 0 Å². The molecular weight excluding hydrogens is 186 g/mol. The lowest BCUT2D eigenvalue weighted by molar-refractivity contribution is 0.970. The minimum atomic E-state index is 0.604. The average Bonchev–Trinajstić information content (AvgIpc) is 2.21. The molecule has 0 atom stereocenters. The lowest BCUT2D eigenvalue weighted by Crippen LogP contribution is -2.02. The maximum absolute atomic E-state index is 5.77. The van der Waals surface area contributed by atoms with Crippen molar-refractivity contribution < 1.29 is 0 Å². The third-order valence-corrected chi connectivity index (χ3v) is 2.54. The summed E-state index contributed by atoms with van der Waals surface area (Å²) in [7, 11) is 0. The Labute approximate surface area is 89.1 Å². The topological polar surface area (TPSA) is 64.9 Å². The van der Waals surface area contributed by atoms with Crippen molar-refractivity contribution in [1.29, 1.82) is 0 Å². The summed E-state index contributed by atoms with van der Waals surface area (Å²) in [4.78, 5) is 4.36. The van der Waals surface area contributed by atoms with Crippen molar-refractivity contribution in [1.82, 2.24) is 4.98 Å². The second kappa shape index (κ2) is 3.87. The number of hydrogen-bond acceptors (Lipinski definition) is 3. The predicted molar refractivity (Wildman–Crippen MR) is 63.7 cm³/mol. The van der Waals surface area contributed by atoms with Crippen LogP contribution in [0.1, 0.15) is 11.1 Å². The Kier molecular flexibility index (Phi) is 2.56. The first-order chi connectivity index (χ1) is 7.20. The number of aryl methyl sites for hydroxylation is 1. The molecule has 0 aliphatic heterocycles. The van der Waals surface area contributed by atoms with Gasteiger partial charge in [-0.2, -0.15) is 0 Å². The number of rotatable bonds is 2. The number of benzene rings is 1. The van der Waals surface area contributed by atoms with Crippen molar-refractivity contribution in [2.24, 2.45) is 5.73 Å². The van der Waals surface area contributed by atoms with Crippen LogP contribution in [0.4, 0.5) is 5.82 Å². The van der Waals surface area contributed by atoms with E-state index in [9.17, 15) is 0 Å². The van der Waals surface area contributed by atoms with Crippen LogP contribution in [0.5, 0.6) is 0 Å². The summed E-state index contributed by atoms with van der Waals surface area (Å²) >= 11 is 0. The number of nitrogens with zero attached hydrogens (tertiary/aromatic N) is 1. The average molecular weight is 201 g/mol. The molecule has 1 aromatic heterocycles. The monoisotopic (exact) mass is 201 g/mol. The number of hydrogen-bond donors (Lipinski definition) is 2. The summed E-state index contributed by atoms with van der Waals surface area (Å²) in [6.45, 7) is 2.63. The zero-order valence-electron chi connectivity index (χ0n) is 8.83. The number of anilines is 1. The fraction of sp³-hybridized carbons (Fsp3) is 0.250. The van der Waals surface area contributed by atoms with Gasteiger partial charge in [0, 0.05) is 5.39 Å². The van der Waals surface area contributed by atoms with Crippen LogP contribution in [-0.2, 0) is 6.42 Å². The van der Waals surface area contributed by atoms with Crippen molar-refractivity contribution in [2.75, 3.05) is 12.3 Å². The number of nitrogen functional groups attached to an aromatic ring is 1. The zero-order chi connectivity index (χ0) is 10.8. The standard InChI is InChI=1S/C12H15N3/c1-8-6-10-3-2-9(4-5-13)7-11(10)15-12(8)14/h2-3,6-7H,4-5,13H2,1H3,(H2,14,15). The highest BCUT2D eigenvalue weighted by Crippen LogP contribution is 2.19. The summed E-state index contributed by atoms with van der Waals surface area (Å²) < 4.78 is 0. The second-order valence-electron chi connectivity index (χ2n) is 3.76. The molecule has 0 radical (unpaired) electrons. The molecule has 0 saturated heterocycles. The molecule has 3 nitrogen and oxygen atoms in total. The molecular formula is C12H15N3. The van der Waals surface area contributed by atoms with Gasteiger partial charge in [0.25, 0.3) is 0 Å². The summed E-state index contributed by atoms with van der Waals surface area (Å²) in [5.74, 6) is 0.604. The second-order valence-corrected chi connectivity index (χ2v) is 3.76. The van der Waals surface area contributed by atoms with Gasteiger partial charge in [0.15, 0.2) is 0 Å². The smallest absolute Gasteiger partial charge is 0.127 e. The highest BCUT2D eigenvalue weighted by molar-refractivity contribution is 5.81. The van der Waals surface area contributed by atoms with Gasteiger partial charge in [-0.25, -0.2) is 4.98 Å². The van der Waals surface area contributed by atoms with Crippen molar-refractivity contribution in [3.8, 4) is 0 Å². The Morgan fingerprint density at radius 1 is 1.27 bits per heavy atom. The van der Waals surface area contributed by atoms with E-state index in [1.54, 1.807) is 0 Å². The lowest BCUT2D eigenvalue weighted by atomic mass is 10.1. The molecule has 2 rings (SSSR count). The van der Waals surface area contributed by atoms with Crippen LogP contribution < -0.4 is 11.5 Å². The highest BCUT2D eigenvalue weighted by atomic mass is 14.8. The fourth-order valence-corrected chi connectivity index (χ4v) is 1.66. The van der Waals surface area contributed by atoms with E-state index in [1.807, 2.05) is 6.92 Å². The maximum Gasteiger partial charge on any atom is 0.127 e. The van der Waals surface area contributed by atoms with E-state index in [-0.39, 0.29) is 0 Å². The zero-order valence-corrected chi connectivity index (χ0v) is 8.83. The minimum absolute atomic E-state index is 0.604. The van der Waals surface area contributed by atoms with Gasteiger partial charge >= 0.3 is 0 Å². The van der Waals surface area contributed by atoms with Crippen molar-refractivity contribution >= 4 is 16.7 Å². The summed E-state index contributed by atoms with van der Waals surface area (Å²) in [5.41, 5.74) is 14.5. The largest absolute Gasteiger partial charge is 0.383 e. The molecule has 78 valence electrons. The van der Waals surface area contributed by atoms with Crippen LogP contribution in [0.25, 0.3) is 10.9 Å². The first-order valence-corrected chi connectivity index (χ1v) is 5.06. The van der Waals surface area contributed by atoms with Gasteiger partial charge in [-0.3, -0.25) is 0 Å². The van der Waals surface area contributed by atoms with Gasteiger partial charge in [0.2, 0.25) is 0 Å². The molecule has 0 spiro atoms. The third-order valence-electron chi connectivity index (χ3n) is 2.54. The molecule has 0 fully saturated rings. The van der Waals surface area contributed by atoms with Crippen LogP contribution in [-0.4, -0.2) is 11.5 Å². The van der Waals surface area contributed by atoms with Crippen LogP contribution in [0, 0.1) is 6.92 Å². The van der Waals surface area contributed by atoms with E-state index in [0.717, 1.165) is 22.9 Å². The maximum atomic E-state index is 5.77. The number of aromatic nitrogens is 1. The summed E-state index contributed by atoms with van der Waals surface area (Å²) in [6, 6.07) is 8.27. The van der Waals surface area contributed by atoms with Gasteiger partial charge < -0.3 is 11.5 Å². The molecule has 0 bridgehead atoms. The highest BCUT2D eigenvalue weighted by Gasteiger charge is 2.01. The van der Waals surface area contributed by atoms with Gasteiger partial charge in [0.05, 0.1) is 5.52 Å². The van der Waals surface area contributed by atoms with E-state index >= 15 is 0 Å². The molecule has 1 heterocycles. The van der Waals surface area contributed by atoms with E-state index in [4.69, 9.17) is 11.5 Å². The summed E-state index contributed by atoms with van der Waals surface area (Å²) in [6.07, 6.45) is 0.880. The van der Waals surface area contributed by atoms with E-state index in [2.05, 4.69) is 29.2 Å². The Hall–Kier alpha value is -1.61. The number of fused-ring (bicyclic) bond motifs is 1. The Balaban J connectivity index is 2.56. The minimum Gasteiger partial charge on any atom is -0.383 e. The number of pyridine rings is 1. The fourth-order valence-electron chi connectivity index (χ4n) is 1.66. The Morgan fingerprint density at radius 2 is 2.07 bits per heavy atom. The SMILES string of the molecule is Cc1cc2ccc(CCN)cc2nc1N. The summed E-state index contributed by atoms with van der Waals surface area (Å²) in [5, 5.41) is 1.13. The van der Waals surface area contributed by atoms with E-state index in [1.165, 1.54) is 5.56 Å². The van der Waals surface area contributed by atoms with Crippen LogP contribution in [0.3, 0.4) is 0 Å². The van der Waals surface area contributed by atoms with Crippen molar-refractivity contribution in [3.63, 3.8) is 0 Å². The van der Waals surface area contributed by atoms with Crippen LogP contribution in [0.15, 0.2) is 24.3 Å². The normalized spacial score (nSPS) is 10.8. The molecule has 4 N–H and O–H groups in total. The van der Waals surface area contributed by atoms with Crippen molar-refractivity contribution in [2.45, 2.75) is 13.3 Å². The molecule has 1 aromatic carbocycles. The molecule has 15 heavy (non-hydrogen) atoms.